The van der Waals surface area contributed by atoms with Crippen LogP contribution in [-0.2, 0) is 10.2 Å². The average Bonchev–Trinajstić information content (AvgIpc) is 3.43. The first-order valence-electron chi connectivity index (χ1n) is 12.1. The van der Waals surface area contributed by atoms with Crippen molar-refractivity contribution >= 4 is 11.8 Å². The van der Waals surface area contributed by atoms with Gasteiger partial charge in [-0.3, -0.25) is 9.59 Å². The molecule has 1 fully saturated rings. The Bertz CT molecular complexity index is 1050. The Hall–Kier alpha value is -3.02. The third-order valence-electron chi connectivity index (χ3n) is 7.77. The van der Waals surface area contributed by atoms with Crippen molar-refractivity contribution in [2.24, 2.45) is 0 Å². The summed E-state index contributed by atoms with van der Waals surface area (Å²) >= 11 is 0. The standard InChI is InChI=1S/C27H32N2O4/c1-3-28(4-2)25(30)16-20-17-27(22-8-6-5-7-21(20)22)11-13-29(14-12-27)26(31)19-9-10-23-24(15-19)33-18-32-23/h5-10,15,20H,3-4,11-14,16-18H2,1-2H3/t20-/m1/s1. The van der Waals surface area contributed by atoms with Crippen LogP contribution in [0.3, 0.4) is 0 Å². The Kier molecular flexibility index (Phi) is 5.77. The largest absolute Gasteiger partial charge is 0.454 e. The lowest BCUT2D eigenvalue weighted by atomic mass is 9.73. The summed E-state index contributed by atoms with van der Waals surface area (Å²) in [4.78, 5) is 29.9. The average molecular weight is 449 g/mol. The number of amides is 2. The first kappa shape index (κ1) is 21.8. The van der Waals surface area contributed by atoms with Gasteiger partial charge in [0.2, 0.25) is 12.7 Å². The molecule has 1 atom stereocenters. The number of piperidine rings is 1. The Morgan fingerprint density at radius 3 is 2.52 bits per heavy atom. The molecule has 1 aliphatic carbocycles. The second-order valence-electron chi connectivity index (χ2n) is 9.40. The lowest BCUT2D eigenvalue weighted by Gasteiger charge is -2.40. The number of ether oxygens (including phenoxy) is 2. The van der Waals surface area contributed by atoms with Gasteiger partial charge >= 0.3 is 0 Å². The van der Waals surface area contributed by atoms with E-state index >= 15 is 0 Å². The van der Waals surface area contributed by atoms with E-state index in [2.05, 4.69) is 24.3 Å². The Morgan fingerprint density at radius 2 is 1.76 bits per heavy atom. The fourth-order valence-corrected chi connectivity index (χ4v) is 5.95. The molecule has 0 unspecified atom stereocenters. The molecule has 33 heavy (non-hydrogen) atoms. The zero-order valence-corrected chi connectivity index (χ0v) is 19.5. The third-order valence-corrected chi connectivity index (χ3v) is 7.77. The van der Waals surface area contributed by atoms with Crippen molar-refractivity contribution in [2.75, 3.05) is 33.0 Å². The summed E-state index contributed by atoms with van der Waals surface area (Å²) < 4.78 is 10.8. The molecule has 6 nitrogen and oxygen atoms in total. The van der Waals surface area contributed by atoms with E-state index in [1.165, 1.54) is 11.1 Å². The number of hydrogen-bond acceptors (Lipinski definition) is 4. The highest BCUT2D eigenvalue weighted by Crippen LogP contribution is 2.53. The number of rotatable bonds is 5. The number of likely N-dealkylation sites (tertiary alicyclic amines) is 1. The minimum atomic E-state index is 0.0442. The molecule has 2 heterocycles. The first-order valence-corrected chi connectivity index (χ1v) is 12.1. The van der Waals surface area contributed by atoms with Gasteiger partial charge < -0.3 is 19.3 Å². The van der Waals surface area contributed by atoms with E-state index in [9.17, 15) is 9.59 Å². The van der Waals surface area contributed by atoms with E-state index in [0.29, 0.717) is 23.5 Å². The highest BCUT2D eigenvalue weighted by atomic mass is 16.7. The van der Waals surface area contributed by atoms with Gasteiger partial charge in [-0.25, -0.2) is 0 Å². The Morgan fingerprint density at radius 1 is 1.03 bits per heavy atom. The topological polar surface area (TPSA) is 59.1 Å². The molecule has 2 amide bonds. The van der Waals surface area contributed by atoms with Crippen molar-refractivity contribution < 1.29 is 19.1 Å². The zero-order chi connectivity index (χ0) is 23.0. The summed E-state index contributed by atoms with van der Waals surface area (Å²) in [6.45, 7) is 7.24. The fraction of sp³-hybridized carbons (Fsp3) is 0.481. The molecule has 0 N–H and O–H groups in total. The third kappa shape index (κ3) is 3.85. The first-order chi connectivity index (χ1) is 16.0. The van der Waals surface area contributed by atoms with Crippen molar-refractivity contribution in [2.45, 2.75) is 50.9 Å². The smallest absolute Gasteiger partial charge is 0.253 e. The van der Waals surface area contributed by atoms with Crippen molar-refractivity contribution in [3.05, 3.63) is 59.2 Å². The number of hydrogen-bond donors (Lipinski definition) is 0. The van der Waals surface area contributed by atoms with Crippen LogP contribution in [0, 0.1) is 0 Å². The van der Waals surface area contributed by atoms with E-state index < -0.39 is 0 Å². The number of nitrogens with zero attached hydrogens (tertiary/aromatic N) is 2. The summed E-state index contributed by atoms with van der Waals surface area (Å²) in [7, 11) is 0. The van der Waals surface area contributed by atoms with Gasteiger partial charge in [-0.05, 0) is 73.8 Å². The van der Waals surface area contributed by atoms with Crippen LogP contribution >= 0.6 is 0 Å². The quantitative estimate of drug-likeness (QED) is 0.683. The monoisotopic (exact) mass is 448 g/mol. The molecule has 1 spiro atoms. The summed E-state index contributed by atoms with van der Waals surface area (Å²) in [5, 5.41) is 0. The van der Waals surface area contributed by atoms with Crippen LogP contribution in [0.2, 0.25) is 0 Å². The predicted molar refractivity (Wildman–Crippen MR) is 126 cm³/mol. The van der Waals surface area contributed by atoms with E-state index in [1.807, 2.05) is 35.8 Å². The van der Waals surface area contributed by atoms with Gasteiger partial charge in [0.1, 0.15) is 0 Å². The number of benzene rings is 2. The summed E-state index contributed by atoms with van der Waals surface area (Å²) in [5.74, 6) is 1.87. The van der Waals surface area contributed by atoms with Crippen LogP contribution in [-0.4, -0.2) is 54.6 Å². The van der Waals surface area contributed by atoms with Crippen LogP contribution < -0.4 is 9.47 Å². The summed E-state index contributed by atoms with van der Waals surface area (Å²) in [6, 6.07) is 14.1. The molecule has 0 bridgehead atoms. The Labute approximate surface area is 195 Å². The summed E-state index contributed by atoms with van der Waals surface area (Å²) in [5.41, 5.74) is 3.41. The van der Waals surface area contributed by atoms with E-state index in [1.54, 1.807) is 6.07 Å². The molecule has 5 rings (SSSR count). The zero-order valence-electron chi connectivity index (χ0n) is 19.5. The van der Waals surface area contributed by atoms with Gasteiger partial charge in [-0.2, -0.15) is 0 Å². The van der Waals surface area contributed by atoms with Gasteiger partial charge in [-0.1, -0.05) is 24.3 Å². The van der Waals surface area contributed by atoms with E-state index in [-0.39, 0.29) is 29.9 Å². The molecule has 2 aliphatic heterocycles. The molecule has 3 aliphatic rings. The molecule has 2 aromatic carbocycles. The normalized spacial score (nSPS) is 20.1. The minimum Gasteiger partial charge on any atom is -0.454 e. The fourth-order valence-electron chi connectivity index (χ4n) is 5.95. The maximum atomic E-state index is 13.2. The van der Waals surface area contributed by atoms with Crippen molar-refractivity contribution in [3.63, 3.8) is 0 Å². The predicted octanol–water partition coefficient (Wildman–Crippen LogP) is 4.34. The second-order valence-corrected chi connectivity index (χ2v) is 9.40. The molecular formula is C27H32N2O4. The molecule has 0 aromatic heterocycles. The number of fused-ring (bicyclic) bond motifs is 3. The van der Waals surface area contributed by atoms with Crippen LogP contribution in [0.1, 0.15) is 66.9 Å². The van der Waals surface area contributed by atoms with Crippen LogP contribution in [0.25, 0.3) is 0 Å². The highest BCUT2D eigenvalue weighted by Gasteiger charge is 2.46. The Balaban J connectivity index is 1.30. The van der Waals surface area contributed by atoms with Gasteiger partial charge in [0.25, 0.3) is 5.91 Å². The van der Waals surface area contributed by atoms with Crippen LogP contribution in [0.5, 0.6) is 11.5 Å². The molecular weight excluding hydrogens is 416 g/mol. The molecule has 6 heteroatoms. The maximum absolute atomic E-state index is 13.2. The highest BCUT2D eigenvalue weighted by molar-refractivity contribution is 5.95. The van der Waals surface area contributed by atoms with Gasteiger partial charge in [0.15, 0.2) is 11.5 Å². The van der Waals surface area contributed by atoms with Crippen LogP contribution in [0.4, 0.5) is 0 Å². The summed E-state index contributed by atoms with van der Waals surface area (Å²) in [6.07, 6.45) is 3.41. The minimum absolute atomic E-state index is 0.0442. The lowest BCUT2D eigenvalue weighted by Crippen LogP contribution is -2.44. The maximum Gasteiger partial charge on any atom is 0.253 e. The second kappa shape index (κ2) is 8.73. The molecule has 174 valence electrons. The number of carbonyl (C=O) groups excluding carboxylic acids is 2. The van der Waals surface area contributed by atoms with Crippen LogP contribution in [0.15, 0.2) is 42.5 Å². The SMILES string of the molecule is CCN(CC)C(=O)C[C@@H]1CC2(CCN(C(=O)c3ccc4c(c3)OCO4)CC2)c2ccccc21. The van der Waals surface area contributed by atoms with Crippen molar-refractivity contribution in [3.8, 4) is 11.5 Å². The van der Waals surface area contributed by atoms with Gasteiger partial charge in [0.05, 0.1) is 0 Å². The lowest BCUT2D eigenvalue weighted by molar-refractivity contribution is -0.131. The van der Waals surface area contributed by atoms with E-state index in [0.717, 1.165) is 45.4 Å². The van der Waals surface area contributed by atoms with Crippen molar-refractivity contribution in [1.82, 2.24) is 9.80 Å². The van der Waals surface area contributed by atoms with Gasteiger partial charge in [-0.15, -0.1) is 0 Å². The van der Waals surface area contributed by atoms with Crippen molar-refractivity contribution in [1.29, 1.82) is 0 Å². The molecule has 0 radical (unpaired) electrons. The van der Waals surface area contributed by atoms with E-state index in [4.69, 9.17) is 9.47 Å². The molecule has 0 saturated carbocycles. The molecule has 1 saturated heterocycles. The molecule has 2 aromatic rings. The van der Waals surface area contributed by atoms with Gasteiger partial charge in [0, 0.05) is 38.2 Å². The number of carbonyl (C=O) groups is 2.